The van der Waals surface area contributed by atoms with Gasteiger partial charge in [-0.25, -0.2) is 12.2 Å². The lowest BCUT2D eigenvalue weighted by molar-refractivity contribution is 0.236. The predicted molar refractivity (Wildman–Crippen MR) is 119 cm³/mol. The number of hydrogen-bond donors (Lipinski definition) is 0. The topological polar surface area (TPSA) is 23.6 Å². The molecule has 0 fully saturated rings. The van der Waals surface area contributed by atoms with E-state index >= 15 is 0 Å². The Morgan fingerprint density at radius 1 is 0.583 bits per heavy atom. The molecule has 3 nitrogen and oxygen atoms in total. The van der Waals surface area contributed by atoms with Crippen LogP contribution >= 0.6 is 47.8 Å². The zero-order valence-electron chi connectivity index (χ0n) is 15.9. The van der Waals surface area contributed by atoms with Crippen LogP contribution in [0.2, 0.25) is 0 Å². The standard InChI is InChI=1S/C17H36N2OS4/c1-5-9-13-21-18(22-14-10-6-2)17(20)19(23-15-11-7-3)24-16-12-8-4/h5-16H2,1-4H3. The van der Waals surface area contributed by atoms with E-state index in [-0.39, 0.29) is 6.03 Å². The second kappa shape index (κ2) is 18.5. The van der Waals surface area contributed by atoms with Crippen LogP contribution in [-0.4, -0.2) is 36.5 Å². The third kappa shape index (κ3) is 13.0. The van der Waals surface area contributed by atoms with Gasteiger partial charge < -0.3 is 0 Å². The highest BCUT2D eigenvalue weighted by atomic mass is 32.2. The van der Waals surface area contributed by atoms with E-state index in [2.05, 4.69) is 27.7 Å². The normalized spacial score (nSPS) is 10.8. The minimum Gasteiger partial charge on any atom is -0.244 e. The summed E-state index contributed by atoms with van der Waals surface area (Å²) < 4.78 is 3.87. The first kappa shape index (κ1) is 24.7. The summed E-state index contributed by atoms with van der Waals surface area (Å²) >= 11 is 6.76. The number of unbranched alkanes of at least 4 members (excludes halogenated alkanes) is 4. The van der Waals surface area contributed by atoms with E-state index in [9.17, 15) is 4.79 Å². The molecule has 0 aliphatic heterocycles. The Bertz CT molecular complexity index is 250. The molecule has 0 radical (unpaired) electrons. The van der Waals surface area contributed by atoms with Gasteiger partial charge in [-0.1, -0.05) is 53.4 Å². The van der Waals surface area contributed by atoms with Crippen LogP contribution in [0, 0.1) is 0 Å². The maximum absolute atomic E-state index is 13.0. The molecule has 0 saturated carbocycles. The summed E-state index contributed by atoms with van der Waals surface area (Å²) in [6, 6.07) is 0.152. The third-order valence-electron chi connectivity index (χ3n) is 3.14. The zero-order valence-corrected chi connectivity index (χ0v) is 19.2. The summed E-state index contributed by atoms with van der Waals surface area (Å²) in [4.78, 5) is 13.0. The molecule has 0 aromatic heterocycles. The smallest absolute Gasteiger partial charge is 0.244 e. The Labute approximate surface area is 167 Å². The minimum absolute atomic E-state index is 0.152. The van der Waals surface area contributed by atoms with E-state index in [0.29, 0.717) is 0 Å². The maximum atomic E-state index is 13.0. The molecule has 0 bridgehead atoms. The van der Waals surface area contributed by atoms with Crippen LogP contribution in [0.15, 0.2) is 0 Å². The Kier molecular flexibility index (Phi) is 19.0. The molecular formula is C17H36N2OS4. The Morgan fingerprint density at radius 2 is 0.833 bits per heavy atom. The fraction of sp³-hybridized carbons (Fsp3) is 0.941. The Hall–Kier alpha value is 0.670. The highest BCUT2D eigenvalue weighted by molar-refractivity contribution is 8.14. The zero-order chi connectivity index (χ0) is 18.0. The molecule has 7 heteroatoms. The van der Waals surface area contributed by atoms with Crippen LogP contribution in [0.25, 0.3) is 0 Å². The first-order chi connectivity index (χ1) is 11.7. The second-order valence-electron chi connectivity index (χ2n) is 5.54. The fourth-order valence-corrected chi connectivity index (χ4v) is 6.33. The van der Waals surface area contributed by atoms with Gasteiger partial charge in [-0.05, 0) is 73.5 Å². The van der Waals surface area contributed by atoms with Crippen molar-refractivity contribution in [3.05, 3.63) is 0 Å². The number of nitrogens with zero attached hydrogens (tertiary/aromatic N) is 2. The van der Waals surface area contributed by atoms with Crippen molar-refractivity contribution >= 4 is 53.8 Å². The lowest BCUT2D eigenvalue weighted by Gasteiger charge is -2.27. The molecule has 2 amide bonds. The molecule has 0 aliphatic carbocycles. The van der Waals surface area contributed by atoms with Gasteiger partial charge in [0.05, 0.1) is 0 Å². The van der Waals surface area contributed by atoms with Crippen molar-refractivity contribution in [3.63, 3.8) is 0 Å². The van der Waals surface area contributed by atoms with Gasteiger partial charge in [0, 0.05) is 23.0 Å². The predicted octanol–water partition coefficient (Wildman–Crippen LogP) is 7.50. The first-order valence-corrected chi connectivity index (χ1v) is 13.1. The number of rotatable bonds is 16. The summed E-state index contributed by atoms with van der Waals surface area (Å²) in [6.07, 6.45) is 9.35. The number of carbonyl (C=O) groups is 1. The first-order valence-electron chi connectivity index (χ1n) is 9.36. The average Bonchev–Trinajstić information content (AvgIpc) is 2.59. The van der Waals surface area contributed by atoms with E-state index in [4.69, 9.17) is 0 Å². The highest BCUT2D eigenvalue weighted by Gasteiger charge is 2.23. The molecule has 144 valence electrons. The maximum Gasteiger partial charge on any atom is 0.360 e. The lowest BCUT2D eigenvalue weighted by atomic mass is 10.4. The van der Waals surface area contributed by atoms with Gasteiger partial charge in [-0.3, -0.25) is 0 Å². The van der Waals surface area contributed by atoms with Crippen molar-refractivity contribution < 1.29 is 4.79 Å². The van der Waals surface area contributed by atoms with E-state index in [1.165, 1.54) is 25.7 Å². The Morgan fingerprint density at radius 3 is 1.04 bits per heavy atom. The molecule has 0 N–H and O–H groups in total. The molecular weight excluding hydrogens is 376 g/mol. The fourth-order valence-electron chi connectivity index (χ4n) is 1.53. The van der Waals surface area contributed by atoms with Gasteiger partial charge in [0.25, 0.3) is 0 Å². The van der Waals surface area contributed by atoms with E-state index < -0.39 is 0 Å². The van der Waals surface area contributed by atoms with Gasteiger partial charge >= 0.3 is 6.03 Å². The van der Waals surface area contributed by atoms with Crippen LogP contribution in [0.5, 0.6) is 0 Å². The van der Waals surface area contributed by atoms with Gasteiger partial charge in [-0.15, -0.1) is 0 Å². The van der Waals surface area contributed by atoms with E-state index in [1.807, 2.05) is 7.42 Å². The van der Waals surface area contributed by atoms with Crippen LogP contribution in [0.4, 0.5) is 4.79 Å². The largest absolute Gasteiger partial charge is 0.360 e. The Balaban J connectivity index is 4.65. The SMILES string of the molecule is CCCCSN(SCCCC)C(=O)N(SCCCC)SCCCC. The van der Waals surface area contributed by atoms with Gasteiger partial charge in [0.15, 0.2) is 0 Å². The lowest BCUT2D eigenvalue weighted by Crippen LogP contribution is -2.28. The van der Waals surface area contributed by atoms with Crippen LogP contribution < -0.4 is 0 Å². The number of carbonyl (C=O) groups excluding carboxylic acids is 1. The summed E-state index contributed by atoms with van der Waals surface area (Å²) in [6.45, 7) is 8.80. The van der Waals surface area contributed by atoms with Gasteiger partial charge in [0.1, 0.15) is 0 Å². The third-order valence-corrected chi connectivity index (χ3v) is 7.85. The number of urea groups is 1. The summed E-state index contributed by atoms with van der Waals surface area (Å²) in [5.74, 6) is 4.09. The highest BCUT2D eigenvalue weighted by Crippen LogP contribution is 2.32. The van der Waals surface area contributed by atoms with Crippen LogP contribution in [0.3, 0.4) is 0 Å². The monoisotopic (exact) mass is 412 g/mol. The average molecular weight is 413 g/mol. The minimum atomic E-state index is 0.152. The van der Waals surface area contributed by atoms with Crippen molar-refractivity contribution in [2.45, 2.75) is 79.1 Å². The van der Waals surface area contributed by atoms with Gasteiger partial charge in [-0.2, -0.15) is 0 Å². The molecule has 0 aromatic rings. The molecule has 0 aliphatic rings. The van der Waals surface area contributed by atoms with Crippen molar-refractivity contribution in [2.24, 2.45) is 0 Å². The van der Waals surface area contributed by atoms with E-state index in [1.54, 1.807) is 47.8 Å². The molecule has 0 spiro atoms. The van der Waals surface area contributed by atoms with Crippen LogP contribution in [0.1, 0.15) is 79.1 Å². The quantitative estimate of drug-likeness (QED) is 0.193. The van der Waals surface area contributed by atoms with Crippen LogP contribution in [-0.2, 0) is 0 Å². The van der Waals surface area contributed by atoms with Crippen molar-refractivity contribution in [3.8, 4) is 0 Å². The number of amides is 2. The summed E-state index contributed by atoms with van der Waals surface area (Å²) in [5, 5.41) is 0. The second-order valence-corrected chi connectivity index (χ2v) is 10.1. The van der Waals surface area contributed by atoms with Crippen molar-refractivity contribution in [1.29, 1.82) is 0 Å². The molecule has 0 rings (SSSR count). The van der Waals surface area contributed by atoms with Crippen molar-refractivity contribution in [2.75, 3.05) is 23.0 Å². The van der Waals surface area contributed by atoms with Gasteiger partial charge in [0.2, 0.25) is 0 Å². The van der Waals surface area contributed by atoms with E-state index in [0.717, 1.165) is 48.7 Å². The summed E-state index contributed by atoms with van der Waals surface area (Å²) in [5.41, 5.74) is 0. The molecule has 0 saturated heterocycles. The van der Waals surface area contributed by atoms with Crippen molar-refractivity contribution in [1.82, 2.24) is 7.42 Å². The molecule has 0 aromatic carbocycles. The molecule has 24 heavy (non-hydrogen) atoms. The molecule has 0 unspecified atom stereocenters. The summed E-state index contributed by atoms with van der Waals surface area (Å²) in [7, 11) is 0. The number of hydrogen-bond acceptors (Lipinski definition) is 5. The molecule has 0 atom stereocenters. The molecule has 0 heterocycles.